The molecule has 0 aliphatic carbocycles. The zero-order valence-corrected chi connectivity index (χ0v) is 12.3. The maximum absolute atomic E-state index is 12.2. The van der Waals surface area contributed by atoms with Crippen molar-refractivity contribution in [3.8, 4) is 0 Å². The van der Waals surface area contributed by atoms with Crippen molar-refractivity contribution in [3.05, 3.63) is 34.9 Å². The van der Waals surface area contributed by atoms with Gasteiger partial charge in [0.05, 0.1) is 7.11 Å². The molecule has 1 aromatic carbocycles. The minimum absolute atomic E-state index is 0.0153. The number of carboxylic acids is 1. The van der Waals surface area contributed by atoms with Gasteiger partial charge in [0, 0.05) is 12.0 Å². The molecule has 21 heavy (non-hydrogen) atoms. The minimum Gasteiger partial charge on any atom is -0.480 e. The van der Waals surface area contributed by atoms with E-state index in [2.05, 4.69) is 10.1 Å². The van der Waals surface area contributed by atoms with E-state index in [0.29, 0.717) is 5.56 Å². The molecular weight excluding hydrogens is 274 g/mol. The smallest absolute Gasteiger partial charge is 0.326 e. The van der Waals surface area contributed by atoms with Crippen LogP contribution in [0.2, 0.25) is 0 Å². The van der Waals surface area contributed by atoms with E-state index in [-0.39, 0.29) is 12.8 Å². The molecule has 0 saturated heterocycles. The summed E-state index contributed by atoms with van der Waals surface area (Å²) < 4.78 is 4.46. The van der Waals surface area contributed by atoms with E-state index in [1.165, 1.54) is 7.11 Å². The number of aryl methyl sites for hydroxylation is 2. The Morgan fingerprint density at radius 3 is 2.52 bits per heavy atom. The normalized spacial score (nSPS) is 11.6. The Hall–Kier alpha value is -2.37. The first kappa shape index (κ1) is 16.7. The van der Waals surface area contributed by atoms with Crippen molar-refractivity contribution in [3.63, 3.8) is 0 Å². The molecule has 0 saturated carbocycles. The molecule has 0 fully saturated rings. The van der Waals surface area contributed by atoms with Gasteiger partial charge in [0.25, 0.3) is 5.91 Å². The predicted molar refractivity (Wildman–Crippen MR) is 76.1 cm³/mol. The Morgan fingerprint density at radius 1 is 1.29 bits per heavy atom. The molecule has 0 heterocycles. The average molecular weight is 293 g/mol. The zero-order chi connectivity index (χ0) is 16.0. The van der Waals surface area contributed by atoms with Crippen LogP contribution in [0.15, 0.2) is 18.2 Å². The third kappa shape index (κ3) is 4.91. The van der Waals surface area contributed by atoms with Crippen LogP contribution in [0.4, 0.5) is 0 Å². The lowest BCUT2D eigenvalue weighted by molar-refractivity contribution is -0.142. The highest BCUT2D eigenvalue weighted by atomic mass is 16.5. The molecule has 0 bridgehead atoms. The highest BCUT2D eigenvalue weighted by Crippen LogP contribution is 2.11. The fraction of sp³-hybridized carbons (Fsp3) is 0.400. The number of ether oxygens (including phenoxy) is 1. The van der Waals surface area contributed by atoms with Gasteiger partial charge in [-0.2, -0.15) is 0 Å². The molecule has 1 rings (SSSR count). The number of hydrogen-bond acceptors (Lipinski definition) is 4. The fourth-order valence-corrected chi connectivity index (χ4v) is 1.84. The first-order valence-electron chi connectivity index (χ1n) is 6.53. The first-order chi connectivity index (χ1) is 9.85. The quantitative estimate of drug-likeness (QED) is 0.774. The van der Waals surface area contributed by atoms with Gasteiger partial charge in [-0.25, -0.2) is 4.79 Å². The summed E-state index contributed by atoms with van der Waals surface area (Å²) in [4.78, 5) is 34.4. The second kappa shape index (κ2) is 7.42. The lowest BCUT2D eigenvalue weighted by atomic mass is 10.0. The van der Waals surface area contributed by atoms with Gasteiger partial charge in [-0.15, -0.1) is 0 Å². The number of aliphatic carboxylic acids is 1. The molecule has 0 radical (unpaired) electrons. The van der Waals surface area contributed by atoms with Crippen molar-refractivity contribution in [2.45, 2.75) is 32.7 Å². The minimum atomic E-state index is -1.18. The molecule has 0 unspecified atom stereocenters. The number of benzene rings is 1. The highest BCUT2D eigenvalue weighted by Gasteiger charge is 2.22. The molecule has 114 valence electrons. The number of carbonyl (C=O) groups is 3. The van der Waals surface area contributed by atoms with Crippen LogP contribution in [0.25, 0.3) is 0 Å². The Balaban J connectivity index is 2.79. The molecule has 2 N–H and O–H groups in total. The summed E-state index contributed by atoms with van der Waals surface area (Å²) in [5.41, 5.74) is 2.10. The molecule has 0 aromatic heterocycles. The van der Waals surface area contributed by atoms with Crippen molar-refractivity contribution in [1.29, 1.82) is 0 Å². The molecule has 1 atom stereocenters. The third-order valence-corrected chi connectivity index (χ3v) is 3.11. The average Bonchev–Trinajstić information content (AvgIpc) is 2.44. The van der Waals surface area contributed by atoms with Gasteiger partial charge in [-0.1, -0.05) is 17.7 Å². The van der Waals surface area contributed by atoms with E-state index in [1.54, 1.807) is 19.1 Å². The molecule has 0 aliphatic heterocycles. The molecule has 0 aliphatic rings. The van der Waals surface area contributed by atoms with Crippen LogP contribution in [0.5, 0.6) is 0 Å². The van der Waals surface area contributed by atoms with Crippen LogP contribution in [-0.4, -0.2) is 36.1 Å². The van der Waals surface area contributed by atoms with Gasteiger partial charge in [0.1, 0.15) is 6.04 Å². The van der Waals surface area contributed by atoms with Crippen LogP contribution < -0.4 is 5.32 Å². The second-order valence-electron chi connectivity index (χ2n) is 4.80. The number of carboxylic acid groups (broad SMARTS) is 1. The highest BCUT2D eigenvalue weighted by molar-refractivity contribution is 5.98. The van der Waals surface area contributed by atoms with Gasteiger partial charge in [0.2, 0.25) is 0 Å². The summed E-state index contributed by atoms with van der Waals surface area (Å²) in [7, 11) is 1.23. The lowest BCUT2D eigenvalue weighted by Gasteiger charge is -2.15. The van der Waals surface area contributed by atoms with Gasteiger partial charge < -0.3 is 15.2 Å². The Morgan fingerprint density at radius 2 is 1.95 bits per heavy atom. The van der Waals surface area contributed by atoms with Crippen molar-refractivity contribution < 1.29 is 24.2 Å². The second-order valence-corrected chi connectivity index (χ2v) is 4.80. The maximum atomic E-state index is 12.2. The summed E-state index contributed by atoms with van der Waals surface area (Å²) in [6.45, 7) is 3.63. The molecule has 6 nitrogen and oxygen atoms in total. The topological polar surface area (TPSA) is 92.7 Å². The van der Waals surface area contributed by atoms with Crippen LogP contribution >= 0.6 is 0 Å². The summed E-state index contributed by atoms with van der Waals surface area (Å²) >= 11 is 0. The molecular formula is C15H19NO5. The van der Waals surface area contributed by atoms with Crippen LogP contribution in [0.1, 0.15) is 34.3 Å². The van der Waals surface area contributed by atoms with E-state index < -0.39 is 23.9 Å². The number of rotatable bonds is 6. The summed E-state index contributed by atoms with van der Waals surface area (Å²) in [5.74, 6) is -2.16. The number of nitrogens with one attached hydrogen (secondary N) is 1. The van der Waals surface area contributed by atoms with Crippen LogP contribution in [-0.2, 0) is 14.3 Å². The summed E-state index contributed by atoms with van der Waals surface area (Å²) in [6, 6.07) is 4.24. The number of hydrogen-bond donors (Lipinski definition) is 2. The Kier molecular flexibility index (Phi) is 5.90. The van der Waals surface area contributed by atoms with E-state index in [9.17, 15) is 14.4 Å². The standard InChI is InChI=1S/C15H19NO5/c1-9-4-5-10(2)11(8-9)14(18)16-12(15(19)20)6-7-13(17)21-3/h4-5,8,12H,6-7H2,1-3H3,(H,16,18)(H,19,20)/t12-/m1/s1. The molecule has 1 aromatic rings. The van der Waals surface area contributed by atoms with E-state index in [1.807, 2.05) is 13.0 Å². The van der Waals surface area contributed by atoms with Crippen molar-refractivity contribution in [1.82, 2.24) is 5.32 Å². The SMILES string of the molecule is COC(=O)CC[C@@H](NC(=O)c1cc(C)ccc1C)C(=O)O. The van der Waals surface area contributed by atoms with Crippen molar-refractivity contribution in [2.24, 2.45) is 0 Å². The monoisotopic (exact) mass is 293 g/mol. The molecule has 0 spiro atoms. The number of methoxy groups -OCH3 is 1. The summed E-state index contributed by atoms with van der Waals surface area (Å²) in [6.07, 6.45) is -0.0842. The van der Waals surface area contributed by atoms with E-state index >= 15 is 0 Å². The van der Waals surface area contributed by atoms with Gasteiger partial charge >= 0.3 is 11.9 Å². The van der Waals surface area contributed by atoms with Crippen LogP contribution in [0, 0.1) is 13.8 Å². The Labute approximate surface area is 123 Å². The largest absolute Gasteiger partial charge is 0.480 e. The first-order valence-corrected chi connectivity index (χ1v) is 6.53. The zero-order valence-electron chi connectivity index (χ0n) is 12.3. The van der Waals surface area contributed by atoms with Gasteiger partial charge in [-0.05, 0) is 31.9 Å². The van der Waals surface area contributed by atoms with E-state index in [4.69, 9.17) is 5.11 Å². The summed E-state index contributed by atoms with van der Waals surface area (Å²) in [5, 5.41) is 11.5. The number of carbonyl (C=O) groups excluding carboxylic acids is 2. The van der Waals surface area contributed by atoms with Gasteiger partial charge in [-0.3, -0.25) is 9.59 Å². The predicted octanol–water partition coefficient (Wildman–Crippen LogP) is 1.44. The lowest BCUT2D eigenvalue weighted by Crippen LogP contribution is -2.41. The van der Waals surface area contributed by atoms with Crippen molar-refractivity contribution in [2.75, 3.05) is 7.11 Å². The maximum Gasteiger partial charge on any atom is 0.326 e. The Bertz CT molecular complexity index is 553. The van der Waals surface area contributed by atoms with Crippen molar-refractivity contribution >= 4 is 17.8 Å². The molecule has 6 heteroatoms. The third-order valence-electron chi connectivity index (χ3n) is 3.11. The number of amides is 1. The van der Waals surface area contributed by atoms with Crippen LogP contribution in [0.3, 0.4) is 0 Å². The molecule has 1 amide bonds. The van der Waals surface area contributed by atoms with Gasteiger partial charge in [0.15, 0.2) is 0 Å². The number of esters is 1. The fourth-order valence-electron chi connectivity index (χ4n) is 1.84. The van der Waals surface area contributed by atoms with E-state index in [0.717, 1.165) is 11.1 Å².